The molecule has 0 saturated carbocycles. The number of unbranched alkanes of at least 4 members (excludes halogenated alkanes) is 49. The Hall–Kier alpha value is -2.89. The third kappa shape index (κ3) is 62.1. The van der Waals surface area contributed by atoms with Gasteiger partial charge in [-0.1, -0.05) is 406 Å². The third-order valence-electron chi connectivity index (χ3n) is 19.4. The highest BCUT2D eigenvalue weighted by atomic mass is 16.7. The number of hydrogen-bond donors (Lipinski definition) is 6. The average Bonchev–Trinajstić information content (AvgIpc) is 0.840. The van der Waals surface area contributed by atoms with Gasteiger partial charge in [0.15, 0.2) is 6.29 Å². The number of allylic oxidation sites excluding steroid dienone is 15. The van der Waals surface area contributed by atoms with Crippen LogP contribution in [-0.2, 0) is 14.3 Å². The summed E-state index contributed by atoms with van der Waals surface area (Å²) in [5, 5.41) is 55.0. The Balaban J connectivity index is 2.06. The first-order chi connectivity index (χ1) is 47.3. The van der Waals surface area contributed by atoms with Gasteiger partial charge in [-0.25, -0.2) is 0 Å². The van der Waals surface area contributed by atoms with Crippen LogP contribution < -0.4 is 5.32 Å². The van der Waals surface area contributed by atoms with E-state index in [1.165, 1.54) is 289 Å². The summed E-state index contributed by atoms with van der Waals surface area (Å²) in [6, 6.07) is -0.810. The summed E-state index contributed by atoms with van der Waals surface area (Å²) in [5.41, 5.74) is 0. The lowest BCUT2D eigenvalue weighted by atomic mass is 9.99. The Morgan fingerprint density at radius 2 is 0.646 bits per heavy atom. The minimum atomic E-state index is -1.57. The van der Waals surface area contributed by atoms with E-state index >= 15 is 0 Å². The van der Waals surface area contributed by atoms with Crippen molar-refractivity contribution in [3.63, 3.8) is 0 Å². The van der Waals surface area contributed by atoms with E-state index in [0.29, 0.717) is 6.42 Å². The molecule has 0 aromatic rings. The molecule has 0 radical (unpaired) electrons. The van der Waals surface area contributed by atoms with E-state index in [9.17, 15) is 30.3 Å². The second-order valence-electron chi connectivity index (χ2n) is 28.5. The van der Waals surface area contributed by atoms with Crippen molar-refractivity contribution in [3.8, 4) is 0 Å². The van der Waals surface area contributed by atoms with E-state index in [1.807, 2.05) is 6.08 Å². The third-order valence-corrected chi connectivity index (χ3v) is 19.4. The van der Waals surface area contributed by atoms with E-state index in [1.54, 1.807) is 6.08 Å². The zero-order valence-electron chi connectivity index (χ0n) is 62.9. The summed E-state index contributed by atoms with van der Waals surface area (Å²) in [5.74, 6) is -0.172. The molecule has 96 heavy (non-hydrogen) atoms. The van der Waals surface area contributed by atoms with Crippen LogP contribution in [0.1, 0.15) is 393 Å². The molecule has 9 heteroatoms. The van der Waals surface area contributed by atoms with Gasteiger partial charge in [0.25, 0.3) is 0 Å². The van der Waals surface area contributed by atoms with Gasteiger partial charge in [0, 0.05) is 6.42 Å². The van der Waals surface area contributed by atoms with Crippen molar-refractivity contribution in [3.05, 3.63) is 97.2 Å². The van der Waals surface area contributed by atoms with E-state index in [-0.39, 0.29) is 12.5 Å². The monoisotopic (exact) mass is 1340 g/mol. The highest BCUT2D eigenvalue weighted by molar-refractivity contribution is 5.76. The fourth-order valence-corrected chi connectivity index (χ4v) is 13.0. The first kappa shape index (κ1) is 91.1. The standard InChI is InChI=1S/C87H157NO8/c1-3-5-7-9-11-13-15-17-19-21-23-25-27-29-31-33-35-37-38-39-40-41-42-43-44-45-47-49-51-53-55-57-59-61-63-65-67-69-71-73-75-77-83(91)88-80(79-95-87-86(94)85(93)84(92)82(78-89)96-87)81(90)76-74-72-70-68-66-64-62-60-58-56-54-52-50-48-46-36-34-32-30-28-26-24-22-20-18-16-14-12-10-8-6-4-2/h5,7,11,13,17,19,23,25,29,31,35,37,39-40,74,76,80-82,84-87,89-90,92-94H,3-4,6,8-10,12,14-16,18,20-22,24,26-28,30,32-34,36,38,41-73,75,77-79H2,1-2H3,(H,88,91)/b7-5-,13-11-,19-17-,25-23-,31-29-,37-35-,40-39-,76-74+. The van der Waals surface area contributed by atoms with Gasteiger partial charge in [0.2, 0.25) is 5.91 Å². The fraction of sp³-hybridized carbons (Fsp3) is 0.805. The van der Waals surface area contributed by atoms with Crippen LogP contribution in [0, 0.1) is 0 Å². The molecule has 0 aliphatic carbocycles. The van der Waals surface area contributed by atoms with Crippen LogP contribution in [0.2, 0.25) is 0 Å². The Labute approximate surface area is 594 Å². The van der Waals surface area contributed by atoms with Crippen LogP contribution >= 0.6 is 0 Å². The van der Waals surface area contributed by atoms with Crippen LogP contribution in [0.25, 0.3) is 0 Å². The number of aliphatic hydroxyl groups is 5. The smallest absolute Gasteiger partial charge is 0.220 e. The summed E-state index contributed by atoms with van der Waals surface area (Å²) in [6.07, 6.45) is 103. The molecular formula is C87H157NO8. The number of carbonyl (C=O) groups excluding carboxylic acids is 1. The van der Waals surface area contributed by atoms with Crippen molar-refractivity contribution in [2.24, 2.45) is 0 Å². The normalized spacial score (nSPS) is 17.9. The minimum Gasteiger partial charge on any atom is -0.394 e. The molecule has 1 rings (SSSR count). The molecule has 1 heterocycles. The lowest BCUT2D eigenvalue weighted by molar-refractivity contribution is -0.302. The zero-order valence-corrected chi connectivity index (χ0v) is 62.9. The quantitative estimate of drug-likeness (QED) is 0.0261. The average molecular weight is 1350 g/mol. The molecule has 1 aliphatic heterocycles. The topological polar surface area (TPSA) is 149 Å². The highest BCUT2D eigenvalue weighted by Crippen LogP contribution is 2.24. The second kappa shape index (κ2) is 74.8. The maximum atomic E-state index is 13.2. The number of aliphatic hydroxyl groups excluding tert-OH is 5. The molecule has 1 aliphatic rings. The summed E-state index contributed by atoms with van der Waals surface area (Å²) >= 11 is 0. The molecule has 0 aromatic heterocycles. The number of nitrogens with one attached hydrogen (secondary N) is 1. The van der Waals surface area contributed by atoms with Gasteiger partial charge in [-0.3, -0.25) is 4.79 Å². The summed E-state index contributed by atoms with van der Waals surface area (Å²) in [6.45, 7) is 3.72. The molecule has 6 N–H and O–H groups in total. The van der Waals surface area contributed by atoms with Crippen molar-refractivity contribution in [1.82, 2.24) is 5.32 Å². The first-order valence-electron chi connectivity index (χ1n) is 41.5. The number of ether oxygens (including phenoxy) is 2. The molecular weight excluding hydrogens is 1190 g/mol. The lowest BCUT2D eigenvalue weighted by Gasteiger charge is -2.40. The molecule has 7 atom stereocenters. The summed E-state index contributed by atoms with van der Waals surface area (Å²) in [4.78, 5) is 13.2. The van der Waals surface area contributed by atoms with Gasteiger partial charge in [0.05, 0.1) is 25.4 Å². The van der Waals surface area contributed by atoms with E-state index in [2.05, 4.69) is 104 Å². The molecule has 9 nitrogen and oxygen atoms in total. The van der Waals surface area contributed by atoms with Crippen molar-refractivity contribution in [1.29, 1.82) is 0 Å². The molecule has 0 bridgehead atoms. The van der Waals surface area contributed by atoms with E-state index in [0.717, 1.165) is 83.5 Å². The SMILES string of the molecule is CC/C=C\C/C=C\C/C=C\C/C=C\C/C=C\C/C=C\C/C=C\CCCCCCCCCCCCCCCCCCCCCC(=O)NC(COC1OC(CO)C(O)C(O)C1O)C(O)/C=C/CCCCCCCCCCCCCCCCCCCCCCCCCCCCCCCC. The molecule has 0 aromatic carbocycles. The molecule has 0 spiro atoms. The summed E-state index contributed by atoms with van der Waals surface area (Å²) in [7, 11) is 0. The maximum absolute atomic E-state index is 13.2. The van der Waals surface area contributed by atoms with Gasteiger partial charge >= 0.3 is 0 Å². The number of hydrogen-bond acceptors (Lipinski definition) is 8. The maximum Gasteiger partial charge on any atom is 0.220 e. The largest absolute Gasteiger partial charge is 0.394 e. The van der Waals surface area contributed by atoms with Crippen molar-refractivity contribution < 1.29 is 39.8 Å². The first-order valence-corrected chi connectivity index (χ1v) is 41.5. The molecule has 1 fully saturated rings. The van der Waals surface area contributed by atoms with Gasteiger partial charge in [-0.15, -0.1) is 0 Å². The highest BCUT2D eigenvalue weighted by Gasteiger charge is 2.44. The number of rotatable bonds is 73. The predicted octanol–water partition coefficient (Wildman–Crippen LogP) is 24.2. The zero-order chi connectivity index (χ0) is 69.2. The minimum absolute atomic E-state index is 0.172. The van der Waals surface area contributed by atoms with Gasteiger partial charge in [-0.05, 0) is 77.0 Å². The second-order valence-corrected chi connectivity index (χ2v) is 28.5. The Morgan fingerprint density at radius 3 is 0.958 bits per heavy atom. The van der Waals surface area contributed by atoms with Crippen molar-refractivity contribution in [2.75, 3.05) is 13.2 Å². The number of amides is 1. The van der Waals surface area contributed by atoms with Gasteiger partial charge in [0.1, 0.15) is 24.4 Å². The lowest BCUT2D eigenvalue weighted by Crippen LogP contribution is -2.60. The van der Waals surface area contributed by atoms with Crippen LogP contribution in [0.4, 0.5) is 0 Å². The van der Waals surface area contributed by atoms with Crippen LogP contribution in [-0.4, -0.2) is 87.5 Å². The van der Waals surface area contributed by atoms with Crippen molar-refractivity contribution in [2.45, 2.75) is 436 Å². The Morgan fingerprint density at radius 1 is 0.365 bits per heavy atom. The molecule has 7 unspecified atom stereocenters. The fourth-order valence-electron chi connectivity index (χ4n) is 13.0. The van der Waals surface area contributed by atoms with Gasteiger partial charge < -0.3 is 40.3 Å². The predicted molar refractivity (Wildman–Crippen MR) is 415 cm³/mol. The Bertz CT molecular complexity index is 1850. The Kier molecular flexibility index (Phi) is 71.0. The van der Waals surface area contributed by atoms with Crippen molar-refractivity contribution >= 4 is 5.91 Å². The van der Waals surface area contributed by atoms with Crippen LogP contribution in [0.15, 0.2) is 97.2 Å². The van der Waals surface area contributed by atoms with Crippen LogP contribution in [0.5, 0.6) is 0 Å². The van der Waals surface area contributed by atoms with Crippen LogP contribution in [0.3, 0.4) is 0 Å². The molecule has 558 valence electrons. The van der Waals surface area contributed by atoms with Gasteiger partial charge in [-0.2, -0.15) is 0 Å². The molecule has 1 amide bonds. The summed E-state index contributed by atoms with van der Waals surface area (Å²) < 4.78 is 11.4. The van der Waals surface area contributed by atoms with E-state index in [4.69, 9.17) is 9.47 Å². The number of carbonyl (C=O) groups is 1. The molecule has 1 saturated heterocycles. The van der Waals surface area contributed by atoms with E-state index < -0.39 is 49.5 Å².